The summed E-state index contributed by atoms with van der Waals surface area (Å²) in [5.74, 6) is -0.607. The van der Waals surface area contributed by atoms with Crippen molar-refractivity contribution in [1.82, 2.24) is 4.57 Å². The second-order valence-electron chi connectivity index (χ2n) is 7.18. The molecule has 1 aliphatic heterocycles. The van der Waals surface area contributed by atoms with Crippen molar-refractivity contribution in [1.29, 1.82) is 0 Å². The van der Waals surface area contributed by atoms with E-state index in [4.69, 9.17) is 21.1 Å². The van der Waals surface area contributed by atoms with Crippen molar-refractivity contribution in [3.63, 3.8) is 0 Å². The number of thiazole rings is 1. The number of carbonyl (C=O) groups is 1. The average molecular weight is 487 g/mol. The lowest BCUT2D eigenvalue weighted by Crippen LogP contribution is -2.40. The van der Waals surface area contributed by atoms with Gasteiger partial charge >= 0.3 is 5.97 Å². The van der Waals surface area contributed by atoms with Crippen molar-refractivity contribution >= 4 is 35.0 Å². The summed E-state index contributed by atoms with van der Waals surface area (Å²) >= 11 is 7.25. The van der Waals surface area contributed by atoms with E-state index in [2.05, 4.69) is 4.99 Å². The van der Waals surface area contributed by atoms with Gasteiger partial charge in [-0.25, -0.2) is 14.2 Å². The maximum absolute atomic E-state index is 14.4. The molecule has 2 aromatic carbocycles. The average Bonchev–Trinajstić information content (AvgIpc) is 3.10. The molecule has 1 aromatic heterocycles. The maximum atomic E-state index is 14.4. The molecule has 0 bridgehead atoms. The second-order valence-corrected chi connectivity index (χ2v) is 8.60. The van der Waals surface area contributed by atoms with E-state index in [1.165, 1.54) is 29.9 Å². The Hall–Kier alpha value is -3.23. The number of halogens is 2. The van der Waals surface area contributed by atoms with Gasteiger partial charge in [-0.2, -0.15) is 0 Å². The minimum absolute atomic E-state index is 0.111. The quantitative estimate of drug-likeness (QED) is 0.517. The summed E-state index contributed by atoms with van der Waals surface area (Å²) in [6.07, 6.45) is 1.41. The predicted octanol–water partition coefficient (Wildman–Crippen LogP) is 3.60. The van der Waals surface area contributed by atoms with E-state index < -0.39 is 23.4 Å². The lowest BCUT2D eigenvalue weighted by atomic mass is 9.95. The minimum Gasteiger partial charge on any atom is -0.496 e. The fourth-order valence-corrected chi connectivity index (χ4v) is 5.00. The highest BCUT2D eigenvalue weighted by Gasteiger charge is 2.34. The van der Waals surface area contributed by atoms with E-state index in [0.717, 1.165) is 11.3 Å². The highest BCUT2D eigenvalue weighted by molar-refractivity contribution is 7.07. The van der Waals surface area contributed by atoms with Crippen molar-refractivity contribution in [2.24, 2.45) is 4.99 Å². The predicted molar refractivity (Wildman–Crippen MR) is 125 cm³/mol. The number of fused-ring (bicyclic) bond motifs is 1. The van der Waals surface area contributed by atoms with E-state index in [1.807, 2.05) is 0 Å². The maximum Gasteiger partial charge on any atom is 0.338 e. The Morgan fingerprint density at radius 1 is 1.27 bits per heavy atom. The van der Waals surface area contributed by atoms with Gasteiger partial charge in [-0.3, -0.25) is 9.36 Å². The molecular formula is C24H20ClFN2O4S. The molecule has 0 spiro atoms. The zero-order chi connectivity index (χ0) is 23.7. The van der Waals surface area contributed by atoms with Crippen LogP contribution >= 0.6 is 22.9 Å². The molecule has 0 saturated heterocycles. The number of carbonyl (C=O) groups excluding carboxylic acids is 1. The van der Waals surface area contributed by atoms with Gasteiger partial charge in [-0.05, 0) is 38.1 Å². The second kappa shape index (κ2) is 9.33. The summed E-state index contributed by atoms with van der Waals surface area (Å²) in [5, 5.41) is 0.186. The molecule has 4 rings (SSSR count). The first-order chi connectivity index (χ1) is 15.9. The SMILES string of the molecule is CCOC(=O)C1=C(C)N=c2s/c(=C\c3c(F)cccc3Cl)c(=O)n2[C@H]1c1ccccc1OC. The van der Waals surface area contributed by atoms with E-state index in [0.29, 0.717) is 21.8 Å². The Morgan fingerprint density at radius 3 is 2.73 bits per heavy atom. The molecule has 0 saturated carbocycles. The third-order valence-corrected chi connectivity index (χ3v) is 6.54. The number of allylic oxidation sites excluding steroid dienone is 1. The monoisotopic (exact) mass is 486 g/mol. The Bertz CT molecular complexity index is 1440. The van der Waals surface area contributed by atoms with E-state index in [1.54, 1.807) is 44.2 Å². The number of rotatable bonds is 5. The summed E-state index contributed by atoms with van der Waals surface area (Å²) in [7, 11) is 1.52. The Balaban J connectivity index is 2.03. The topological polar surface area (TPSA) is 69.9 Å². The van der Waals surface area contributed by atoms with Crippen LogP contribution in [-0.2, 0) is 9.53 Å². The molecular weight excluding hydrogens is 467 g/mol. The third-order valence-electron chi connectivity index (χ3n) is 5.23. The van der Waals surface area contributed by atoms with Gasteiger partial charge in [0.1, 0.15) is 17.6 Å². The van der Waals surface area contributed by atoms with Gasteiger partial charge in [0.15, 0.2) is 4.80 Å². The normalized spacial score (nSPS) is 15.8. The molecule has 0 aliphatic carbocycles. The standard InChI is InChI=1S/C24H20ClFN2O4S/c1-4-32-23(30)20-13(2)27-24-28(21(20)14-8-5-6-11-18(14)31-3)22(29)19(33-24)12-15-16(25)9-7-10-17(15)26/h5-12,21H,4H2,1-3H3/b19-12-/t21-/m0/s1. The number of hydrogen-bond acceptors (Lipinski definition) is 6. The molecule has 1 aliphatic rings. The Labute approximate surface area is 197 Å². The van der Waals surface area contributed by atoms with Crippen LogP contribution in [0.4, 0.5) is 4.39 Å². The zero-order valence-electron chi connectivity index (χ0n) is 18.1. The molecule has 33 heavy (non-hydrogen) atoms. The van der Waals surface area contributed by atoms with Crippen LogP contribution < -0.4 is 19.6 Å². The first-order valence-corrected chi connectivity index (χ1v) is 11.3. The Kier molecular flexibility index (Phi) is 6.49. The molecule has 6 nitrogen and oxygen atoms in total. The van der Waals surface area contributed by atoms with Crippen molar-refractivity contribution in [3.05, 3.63) is 95.4 Å². The molecule has 0 radical (unpaired) electrons. The van der Waals surface area contributed by atoms with Crippen LogP contribution in [0.2, 0.25) is 5.02 Å². The molecule has 0 fully saturated rings. The van der Waals surface area contributed by atoms with Crippen molar-refractivity contribution in [3.8, 4) is 5.75 Å². The van der Waals surface area contributed by atoms with E-state index in [-0.39, 0.29) is 27.3 Å². The first kappa shape index (κ1) is 22.9. The molecule has 3 aromatic rings. The van der Waals surface area contributed by atoms with Gasteiger partial charge in [0.05, 0.1) is 34.5 Å². The summed E-state index contributed by atoms with van der Waals surface area (Å²) in [6.45, 7) is 3.57. The molecule has 0 amide bonds. The van der Waals surface area contributed by atoms with Crippen LogP contribution in [0.25, 0.3) is 6.08 Å². The van der Waals surface area contributed by atoms with E-state index in [9.17, 15) is 14.0 Å². The Morgan fingerprint density at radius 2 is 2.03 bits per heavy atom. The molecule has 9 heteroatoms. The molecule has 2 heterocycles. The number of benzene rings is 2. The third kappa shape index (κ3) is 4.12. The molecule has 170 valence electrons. The number of hydrogen-bond donors (Lipinski definition) is 0. The van der Waals surface area contributed by atoms with Crippen LogP contribution in [0.3, 0.4) is 0 Å². The van der Waals surface area contributed by atoms with Crippen LogP contribution in [-0.4, -0.2) is 24.3 Å². The van der Waals surface area contributed by atoms with Gasteiger partial charge in [0, 0.05) is 11.1 Å². The molecule has 0 unspecified atom stereocenters. The van der Waals surface area contributed by atoms with Gasteiger partial charge in [0.2, 0.25) is 0 Å². The van der Waals surface area contributed by atoms with E-state index >= 15 is 0 Å². The fourth-order valence-electron chi connectivity index (χ4n) is 3.76. The van der Waals surface area contributed by atoms with Crippen LogP contribution in [0.1, 0.15) is 31.0 Å². The number of ether oxygens (including phenoxy) is 2. The van der Waals surface area contributed by atoms with Gasteiger partial charge < -0.3 is 9.47 Å². The van der Waals surface area contributed by atoms with Crippen LogP contribution in [0.15, 0.2) is 63.5 Å². The van der Waals surface area contributed by atoms with Gasteiger partial charge in [-0.1, -0.05) is 47.2 Å². The van der Waals surface area contributed by atoms with Gasteiger partial charge in [0.25, 0.3) is 5.56 Å². The van der Waals surface area contributed by atoms with Gasteiger partial charge in [-0.15, -0.1) is 0 Å². The number of nitrogens with zero attached hydrogens (tertiary/aromatic N) is 2. The summed E-state index contributed by atoms with van der Waals surface area (Å²) < 4.78 is 26.8. The molecule has 0 N–H and O–H groups in total. The van der Waals surface area contributed by atoms with Crippen molar-refractivity contribution < 1.29 is 18.7 Å². The van der Waals surface area contributed by atoms with Crippen molar-refractivity contribution in [2.75, 3.05) is 13.7 Å². The lowest BCUT2D eigenvalue weighted by molar-refractivity contribution is -0.139. The van der Waals surface area contributed by atoms with Crippen LogP contribution in [0, 0.1) is 5.82 Å². The highest BCUT2D eigenvalue weighted by atomic mass is 35.5. The summed E-state index contributed by atoms with van der Waals surface area (Å²) in [5.41, 5.74) is 0.960. The summed E-state index contributed by atoms with van der Waals surface area (Å²) in [4.78, 5) is 31.4. The first-order valence-electron chi connectivity index (χ1n) is 10.1. The lowest BCUT2D eigenvalue weighted by Gasteiger charge is -2.25. The van der Waals surface area contributed by atoms with Crippen LogP contribution in [0.5, 0.6) is 5.75 Å². The number of methoxy groups -OCH3 is 1. The largest absolute Gasteiger partial charge is 0.496 e. The minimum atomic E-state index is -0.824. The highest BCUT2D eigenvalue weighted by Crippen LogP contribution is 2.35. The smallest absolute Gasteiger partial charge is 0.338 e. The van der Waals surface area contributed by atoms with Crippen molar-refractivity contribution in [2.45, 2.75) is 19.9 Å². The molecule has 1 atom stereocenters. The number of para-hydroxylation sites is 1. The number of esters is 1. The fraction of sp³-hybridized carbons (Fsp3) is 0.208. The summed E-state index contributed by atoms with van der Waals surface area (Å²) in [6, 6.07) is 10.6. The number of aromatic nitrogens is 1. The zero-order valence-corrected chi connectivity index (χ0v) is 19.7.